The van der Waals surface area contributed by atoms with Gasteiger partial charge in [0, 0.05) is 12.3 Å². The molecule has 19 heavy (non-hydrogen) atoms. The Morgan fingerprint density at radius 1 is 1.53 bits per heavy atom. The van der Waals surface area contributed by atoms with Gasteiger partial charge in [0.25, 0.3) is 0 Å². The van der Waals surface area contributed by atoms with Gasteiger partial charge in [-0.1, -0.05) is 18.6 Å². The van der Waals surface area contributed by atoms with Crippen molar-refractivity contribution in [3.8, 4) is 0 Å². The molecule has 0 aliphatic heterocycles. The smallest absolute Gasteiger partial charge is 0.341 e. The van der Waals surface area contributed by atoms with E-state index in [0.717, 1.165) is 18.4 Å². The molecule has 0 aromatic carbocycles. The summed E-state index contributed by atoms with van der Waals surface area (Å²) in [7, 11) is 0. The molecule has 102 valence electrons. The highest BCUT2D eigenvalue weighted by molar-refractivity contribution is 6.20. The predicted molar refractivity (Wildman–Crippen MR) is 71.4 cm³/mol. The van der Waals surface area contributed by atoms with Crippen molar-refractivity contribution in [1.82, 2.24) is 0 Å². The lowest BCUT2D eigenvalue weighted by Gasteiger charge is -2.26. The minimum atomic E-state index is -0.408. The van der Waals surface area contributed by atoms with Gasteiger partial charge in [-0.3, -0.25) is 4.79 Å². The van der Waals surface area contributed by atoms with Crippen molar-refractivity contribution < 1.29 is 14.3 Å². The van der Waals surface area contributed by atoms with Gasteiger partial charge in [0.05, 0.1) is 6.61 Å². The van der Waals surface area contributed by atoms with E-state index >= 15 is 0 Å². The minimum Gasteiger partial charge on any atom is -0.462 e. The fourth-order valence-electron chi connectivity index (χ4n) is 4.36. The molecule has 0 aromatic heterocycles. The maximum absolute atomic E-state index is 12.1. The van der Waals surface area contributed by atoms with Gasteiger partial charge in [0.15, 0.2) is 5.78 Å². The zero-order valence-electron chi connectivity index (χ0n) is 11.8. The number of esters is 1. The van der Waals surface area contributed by atoms with Crippen LogP contribution in [0.4, 0.5) is 0 Å². The molecule has 3 aliphatic rings. The summed E-state index contributed by atoms with van der Waals surface area (Å²) in [5, 5.41) is 0. The fourth-order valence-corrected chi connectivity index (χ4v) is 4.36. The predicted octanol–water partition coefficient (Wildman–Crippen LogP) is 2.81. The van der Waals surface area contributed by atoms with Crippen LogP contribution in [-0.2, 0) is 14.3 Å². The number of rotatable bonds is 2. The quantitative estimate of drug-likeness (QED) is 0.435. The number of fused-ring (bicyclic) bond motifs is 3. The van der Waals surface area contributed by atoms with E-state index in [1.54, 1.807) is 6.92 Å². The zero-order valence-corrected chi connectivity index (χ0v) is 11.8. The molecule has 3 rings (SSSR count). The zero-order chi connectivity index (χ0) is 13.8. The highest BCUT2D eigenvalue weighted by Gasteiger charge is 2.55. The van der Waals surface area contributed by atoms with Gasteiger partial charge in [-0.2, -0.15) is 0 Å². The van der Waals surface area contributed by atoms with Crippen LogP contribution in [-0.4, -0.2) is 18.4 Å². The third kappa shape index (κ3) is 1.63. The molecule has 3 atom stereocenters. The number of carbonyl (C=O) groups excluding carboxylic acids is 2. The summed E-state index contributed by atoms with van der Waals surface area (Å²) in [6.45, 7) is 6.50. The summed E-state index contributed by atoms with van der Waals surface area (Å²) >= 11 is 0. The van der Waals surface area contributed by atoms with Crippen LogP contribution in [0.25, 0.3) is 0 Å². The third-order valence-corrected chi connectivity index (χ3v) is 4.99. The van der Waals surface area contributed by atoms with Crippen LogP contribution in [0.5, 0.6) is 0 Å². The molecule has 0 unspecified atom stereocenters. The average Bonchev–Trinajstić information content (AvgIpc) is 2.86. The summed E-state index contributed by atoms with van der Waals surface area (Å²) in [5.74, 6) is 0.128. The largest absolute Gasteiger partial charge is 0.462 e. The minimum absolute atomic E-state index is 0.0137. The van der Waals surface area contributed by atoms with Crippen molar-refractivity contribution in [2.45, 2.75) is 40.0 Å². The summed E-state index contributed by atoms with van der Waals surface area (Å²) in [6, 6.07) is 0. The average molecular weight is 260 g/mol. The summed E-state index contributed by atoms with van der Waals surface area (Å²) in [6.07, 6.45) is 4.85. The van der Waals surface area contributed by atoms with Crippen LogP contribution in [0.2, 0.25) is 0 Å². The number of carbonyl (C=O) groups is 2. The highest BCUT2D eigenvalue weighted by Crippen LogP contribution is 2.62. The van der Waals surface area contributed by atoms with Crippen LogP contribution < -0.4 is 0 Å². The number of ketones is 1. The molecule has 0 amide bonds. The van der Waals surface area contributed by atoms with Gasteiger partial charge in [-0.25, -0.2) is 4.79 Å². The van der Waals surface area contributed by atoms with Crippen LogP contribution in [0.1, 0.15) is 40.0 Å². The fraction of sp³-hybridized carbons (Fsp3) is 0.625. The van der Waals surface area contributed by atoms with E-state index in [0.29, 0.717) is 18.6 Å². The summed E-state index contributed by atoms with van der Waals surface area (Å²) in [5.41, 5.74) is 2.98. The molecule has 0 aromatic rings. The molecule has 0 spiro atoms. The Kier molecular flexibility index (Phi) is 2.70. The summed E-state index contributed by atoms with van der Waals surface area (Å²) < 4.78 is 5.08. The first-order valence-electron chi connectivity index (χ1n) is 7.09. The van der Waals surface area contributed by atoms with Gasteiger partial charge in [-0.15, -0.1) is 0 Å². The monoisotopic (exact) mass is 260 g/mol. The highest BCUT2D eigenvalue weighted by atomic mass is 16.5. The van der Waals surface area contributed by atoms with E-state index in [2.05, 4.69) is 19.9 Å². The lowest BCUT2D eigenvalue weighted by Crippen LogP contribution is -2.22. The van der Waals surface area contributed by atoms with Crippen molar-refractivity contribution in [1.29, 1.82) is 0 Å². The Bertz CT molecular complexity index is 526. The number of hydrogen-bond donors (Lipinski definition) is 0. The molecular weight excluding hydrogens is 240 g/mol. The Balaban J connectivity index is 2.08. The molecule has 0 N–H and O–H groups in total. The molecule has 3 heteroatoms. The van der Waals surface area contributed by atoms with E-state index in [-0.39, 0.29) is 23.0 Å². The third-order valence-electron chi connectivity index (χ3n) is 4.99. The molecule has 0 saturated heterocycles. The standard InChI is InChI=1S/C16H20O3/c1-4-19-15(18)13-11(17)7-10-8-16(3)6-5-9(2)14(16)12(10)13/h5,10,14H,4,6-8H2,1-3H3/t10-,14+,16-/m0/s1. The Morgan fingerprint density at radius 3 is 2.95 bits per heavy atom. The van der Waals surface area contributed by atoms with Gasteiger partial charge >= 0.3 is 5.97 Å². The number of hydrogen-bond acceptors (Lipinski definition) is 3. The first kappa shape index (κ1) is 12.6. The normalized spacial score (nSPS) is 36.4. The Labute approximate surface area is 113 Å². The maximum atomic E-state index is 12.1. The number of allylic oxidation sites excluding steroid dienone is 3. The molecule has 1 saturated carbocycles. The SMILES string of the molecule is CCOC(=O)C1=C2[C@@H](CC1=O)C[C@]1(C)CC=C(C)[C@H]21. The molecule has 1 fully saturated rings. The van der Waals surface area contributed by atoms with Crippen LogP contribution in [0, 0.1) is 17.3 Å². The second kappa shape index (κ2) is 4.06. The maximum Gasteiger partial charge on any atom is 0.341 e. The van der Waals surface area contributed by atoms with E-state index in [1.807, 2.05) is 0 Å². The molecule has 3 aliphatic carbocycles. The van der Waals surface area contributed by atoms with E-state index < -0.39 is 5.97 Å². The van der Waals surface area contributed by atoms with Crippen LogP contribution >= 0.6 is 0 Å². The van der Waals surface area contributed by atoms with Gasteiger partial charge in [0.2, 0.25) is 0 Å². The molecule has 0 heterocycles. The lowest BCUT2D eigenvalue weighted by molar-refractivity contribution is -0.139. The first-order valence-corrected chi connectivity index (χ1v) is 7.09. The Morgan fingerprint density at radius 2 is 2.26 bits per heavy atom. The molecule has 0 bridgehead atoms. The van der Waals surface area contributed by atoms with E-state index in [1.165, 1.54) is 5.57 Å². The molecule has 3 nitrogen and oxygen atoms in total. The summed E-state index contributed by atoms with van der Waals surface area (Å²) in [4.78, 5) is 24.2. The van der Waals surface area contributed by atoms with Crippen molar-refractivity contribution in [2.75, 3.05) is 6.61 Å². The first-order chi connectivity index (χ1) is 8.98. The van der Waals surface area contributed by atoms with Crippen molar-refractivity contribution in [2.24, 2.45) is 17.3 Å². The second-order valence-electron chi connectivity index (χ2n) is 6.32. The van der Waals surface area contributed by atoms with E-state index in [4.69, 9.17) is 4.74 Å². The van der Waals surface area contributed by atoms with E-state index in [9.17, 15) is 9.59 Å². The van der Waals surface area contributed by atoms with Gasteiger partial charge in [0.1, 0.15) is 5.57 Å². The Hall–Kier alpha value is -1.38. The van der Waals surface area contributed by atoms with Crippen molar-refractivity contribution in [3.05, 3.63) is 22.8 Å². The van der Waals surface area contributed by atoms with Gasteiger partial charge < -0.3 is 4.74 Å². The van der Waals surface area contributed by atoms with Gasteiger partial charge in [-0.05, 0) is 43.6 Å². The van der Waals surface area contributed by atoms with Crippen molar-refractivity contribution in [3.63, 3.8) is 0 Å². The van der Waals surface area contributed by atoms with Crippen molar-refractivity contribution >= 4 is 11.8 Å². The lowest BCUT2D eigenvalue weighted by atomic mass is 9.77. The van der Waals surface area contributed by atoms with Crippen LogP contribution in [0.3, 0.4) is 0 Å². The molecular formula is C16H20O3. The van der Waals surface area contributed by atoms with Crippen LogP contribution in [0.15, 0.2) is 22.8 Å². The number of ether oxygens (including phenoxy) is 1. The number of Topliss-reactive ketones (excluding diaryl/α,β-unsaturated/α-hetero) is 1. The molecule has 0 radical (unpaired) electrons. The second-order valence-corrected chi connectivity index (χ2v) is 6.32. The topological polar surface area (TPSA) is 43.4 Å².